The van der Waals surface area contributed by atoms with Gasteiger partial charge in [-0.1, -0.05) is 11.6 Å². The summed E-state index contributed by atoms with van der Waals surface area (Å²) in [4.78, 5) is 14.3. The first kappa shape index (κ1) is 13.2. The summed E-state index contributed by atoms with van der Waals surface area (Å²) in [5.74, 6) is -3.29. The molecule has 0 saturated carbocycles. The number of rotatable bonds is 3. The van der Waals surface area contributed by atoms with Crippen molar-refractivity contribution in [3.63, 3.8) is 0 Å². The lowest BCUT2D eigenvalue weighted by Crippen LogP contribution is -1.99. The zero-order chi connectivity index (χ0) is 14.0. The quantitative estimate of drug-likeness (QED) is 0.937. The molecule has 7 heteroatoms. The number of carboxylic acid groups (broad SMARTS) is 1. The van der Waals surface area contributed by atoms with E-state index in [-0.39, 0.29) is 16.5 Å². The van der Waals surface area contributed by atoms with Crippen LogP contribution in [0.2, 0.25) is 5.02 Å². The largest absolute Gasteiger partial charge is 0.478 e. The number of ether oxygens (including phenoxy) is 1. The first-order valence-corrected chi connectivity index (χ1v) is 5.37. The maximum Gasteiger partial charge on any atom is 0.337 e. The maximum absolute atomic E-state index is 13.3. The monoisotopic (exact) mass is 285 g/mol. The fourth-order valence-corrected chi connectivity index (χ4v) is 1.48. The van der Waals surface area contributed by atoms with Crippen LogP contribution in [-0.2, 0) is 0 Å². The smallest absolute Gasteiger partial charge is 0.337 e. The minimum Gasteiger partial charge on any atom is -0.478 e. The fraction of sp³-hybridized carbons (Fsp3) is 0. The first-order valence-electron chi connectivity index (χ1n) is 4.99. The lowest BCUT2D eigenvalue weighted by molar-refractivity contribution is 0.0696. The normalized spacial score (nSPS) is 10.3. The molecule has 0 fully saturated rings. The second-order valence-electron chi connectivity index (χ2n) is 3.49. The Labute approximate surface area is 111 Å². The summed E-state index contributed by atoms with van der Waals surface area (Å²) in [5.41, 5.74) is -0.142. The van der Waals surface area contributed by atoms with Gasteiger partial charge >= 0.3 is 5.97 Å². The van der Waals surface area contributed by atoms with Gasteiger partial charge in [0.2, 0.25) is 5.88 Å². The molecule has 2 rings (SSSR count). The van der Waals surface area contributed by atoms with Gasteiger partial charge < -0.3 is 9.84 Å². The first-order chi connectivity index (χ1) is 8.97. The summed E-state index contributed by atoms with van der Waals surface area (Å²) in [6.45, 7) is 0. The van der Waals surface area contributed by atoms with Gasteiger partial charge in [0.1, 0.15) is 10.8 Å². The summed E-state index contributed by atoms with van der Waals surface area (Å²) < 4.78 is 31.3. The molecule has 98 valence electrons. The van der Waals surface area contributed by atoms with Crippen molar-refractivity contribution in [3.05, 3.63) is 52.7 Å². The molecule has 0 unspecified atom stereocenters. The van der Waals surface area contributed by atoms with E-state index in [0.29, 0.717) is 0 Å². The third-order valence-electron chi connectivity index (χ3n) is 2.15. The van der Waals surface area contributed by atoms with E-state index < -0.39 is 23.4 Å². The van der Waals surface area contributed by atoms with Crippen molar-refractivity contribution >= 4 is 17.6 Å². The standard InChI is InChI=1S/C12H6ClF2NO3/c13-8-3-6(12(17)18)5-16-11(8)19-10-4-7(14)1-2-9(10)15/h1-5H,(H,17,18). The Kier molecular flexibility index (Phi) is 3.62. The van der Waals surface area contributed by atoms with Crippen molar-refractivity contribution in [2.75, 3.05) is 0 Å². The highest BCUT2D eigenvalue weighted by Crippen LogP contribution is 2.29. The van der Waals surface area contributed by atoms with Crippen LogP contribution in [0.25, 0.3) is 0 Å². The van der Waals surface area contributed by atoms with Crippen molar-refractivity contribution in [2.24, 2.45) is 0 Å². The number of carboxylic acids is 1. The number of carbonyl (C=O) groups is 1. The molecule has 4 nitrogen and oxygen atoms in total. The van der Waals surface area contributed by atoms with Crippen molar-refractivity contribution in [1.29, 1.82) is 0 Å². The van der Waals surface area contributed by atoms with E-state index in [2.05, 4.69) is 4.98 Å². The lowest BCUT2D eigenvalue weighted by atomic mass is 10.3. The van der Waals surface area contributed by atoms with Crippen LogP contribution >= 0.6 is 11.6 Å². The van der Waals surface area contributed by atoms with Crippen LogP contribution in [0.1, 0.15) is 10.4 Å². The van der Waals surface area contributed by atoms with Gasteiger partial charge in [0, 0.05) is 12.3 Å². The van der Waals surface area contributed by atoms with Gasteiger partial charge in [0.05, 0.1) is 5.56 Å². The fourth-order valence-electron chi connectivity index (χ4n) is 1.28. The third-order valence-corrected chi connectivity index (χ3v) is 2.43. The van der Waals surface area contributed by atoms with Crippen molar-refractivity contribution in [2.45, 2.75) is 0 Å². The highest BCUT2D eigenvalue weighted by Gasteiger charge is 2.13. The second-order valence-corrected chi connectivity index (χ2v) is 3.90. The molecule has 0 aliphatic heterocycles. The van der Waals surface area contributed by atoms with Crippen LogP contribution in [0.15, 0.2) is 30.5 Å². The average Bonchev–Trinajstić information content (AvgIpc) is 2.36. The van der Waals surface area contributed by atoms with Crippen LogP contribution in [0, 0.1) is 11.6 Å². The lowest BCUT2D eigenvalue weighted by Gasteiger charge is -2.07. The molecule has 0 spiro atoms. The van der Waals surface area contributed by atoms with Gasteiger partial charge in [-0.15, -0.1) is 0 Å². The molecule has 0 amide bonds. The Balaban J connectivity index is 2.33. The van der Waals surface area contributed by atoms with Crippen LogP contribution in [0.3, 0.4) is 0 Å². The van der Waals surface area contributed by atoms with Crippen molar-refractivity contribution < 1.29 is 23.4 Å². The number of halogens is 3. The molecule has 19 heavy (non-hydrogen) atoms. The van der Waals surface area contributed by atoms with E-state index in [1.807, 2.05) is 0 Å². The Bertz CT molecular complexity index is 649. The van der Waals surface area contributed by atoms with E-state index in [1.165, 1.54) is 0 Å². The van der Waals surface area contributed by atoms with Crippen molar-refractivity contribution in [3.8, 4) is 11.6 Å². The predicted octanol–water partition coefficient (Wildman–Crippen LogP) is 3.50. The number of pyridine rings is 1. The van der Waals surface area contributed by atoms with Crippen LogP contribution < -0.4 is 4.74 Å². The van der Waals surface area contributed by atoms with Gasteiger partial charge in [0.25, 0.3) is 0 Å². The van der Waals surface area contributed by atoms with Crippen LogP contribution in [0.4, 0.5) is 8.78 Å². The molecular weight excluding hydrogens is 280 g/mol. The van der Waals surface area contributed by atoms with Gasteiger partial charge in [-0.3, -0.25) is 0 Å². The van der Waals surface area contributed by atoms with E-state index >= 15 is 0 Å². The van der Waals surface area contributed by atoms with Crippen LogP contribution in [-0.4, -0.2) is 16.1 Å². The molecule has 1 heterocycles. The molecule has 0 bridgehead atoms. The minimum atomic E-state index is -1.21. The minimum absolute atomic E-state index is 0.122. The average molecular weight is 286 g/mol. The summed E-state index contributed by atoms with van der Waals surface area (Å²) in [6, 6.07) is 3.76. The zero-order valence-corrected chi connectivity index (χ0v) is 9.99. The molecular formula is C12H6ClF2NO3. The number of nitrogens with zero attached hydrogens (tertiary/aromatic N) is 1. The number of benzene rings is 1. The van der Waals surface area contributed by atoms with Gasteiger partial charge in [-0.25, -0.2) is 18.6 Å². The summed E-state index contributed by atoms with van der Waals surface area (Å²) >= 11 is 5.75. The van der Waals surface area contributed by atoms with E-state index in [9.17, 15) is 13.6 Å². The molecule has 0 aliphatic carbocycles. The SMILES string of the molecule is O=C(O)c1cnc(Oc2cc(F)ccc2F)c(Cl)c1. The summed E-state index contributed by atoms with van der Waals surface area (Å²) in [7, 11) is 0. The van der Waals surface area contributed by atoms with Crippen LogP contribution in [0.5, 0.6) is 11.6 Å². The van der Waals surface area contributed by atoms with E-state index in [0.717, 1.165) is 30.5 Å². The van der Waals surface area contributed by atoms with E-state index in [1.54, 1.807) is 0 Å². The topological polar surface area (TPSA) is 59.4 Å². The molecule has 0 aliphatic rings. The highest BCUT2D eigenvalue weighted by atomic mass is 35.5. The van der Waals surface area contributed by atoms with Gasteiger partial charge in [-0.05, 0) is 18.2 Å². The molecule has 0 saturated heterocycles. The number of aromatic carboxylic acids is 1. The molecule has 1 N–H and O–H groups in total. The third kappa shape index (κ3) is 2.97. The summed E-state index contributed by atoms with van der Waals surface area (Å²) in [6.07, 6.45) is 1.00. The molecule has 0 atom stereocenters. The molecule has 2 aromatic rings. The zero-order valence-electron chi connectivity index (χ0n) is 9.23. The summed E-state index contributed by atoms with van der Waals surface area (Å²) in [5, 5.41) is 8.60. The van der Waals surface area contributed by atoms with Crippen molar-refractivity contribution in [1.82, 2.24) is 4.98 Å². The Hall–Kier alpha value is -2.21. The Morgan fingerprint density at radius 3 is 2.68 bits per heavy atom. The van der Waals surface area contributed by atoms with Gasteiger partial charge in [0.15, 0.2) is 11.6 Å². The molecule has 1 aromatic heterocycles. The molecule has 1 aromatic carbocycles. The Morgan fingerprint density at radius 2 is 2.05 bits per heavy atom. The molecule has 0 radical (unpaired) electrons. The maximum atomic E-state index is 13.3. The van der Waals surface area contributed by atoms with Gasteiger partial charge in [-0.2, -0.15) is 0 Å². The predicted molar refractivity (Wildman–Crippen MR) is 62.6 cm³/mol. The Morgan fingerprint density at radius 1 is 1.32 bits per heavy atom. The van der Waals surface area contributed by atoms with E-state index in [4.69, 9.17) is 21.4 Å². The highest BCUT2D eigenvalue weighted by molar-refractivity contribution is 6.32. The second kappa shape index (κ2) is 5.19. The number of hydrogen-bond acceptors (Lipinski definition) is 3. The number of aromatic nitrogens is 1. The number of hydrogen-bond donors (Lipinski definition) is 1.